The molecule has 33 heavy (non-hydrogen) atoms. The molecule has 0 aliphatic carbocycles. The molecule has 0 radical (unpaired) electrons. The molecule has 2 aromatic carbocycles. The molecular weight excluding hydrogens is 465 g/mol. The molecule has 0 aliphatic rings. The van der Waals surface area contributed by atoms with Gasteiger partial charge in [-0.3, -0.25) is 0 Å². The molecule has 0 saturated heterocycles. The third kappa shape index (κ3) is 7.21. The standard InChI is InChI=1S/C24H21Cl2N3O4/c1-4-14-31-27-16-22-17(2)28-29(3)24(22)33-21-11-9-20(10-12-21)32-19-7-5-18(6-8-19)30-15-13-23(25)26/h1,5-13,16H,14-15H2,2-3H3. The minimum atomic E-state index is 0.0868. The van der Waals surface area contributed by atoms with Crippen molar-refractivity contribution >= 4 is 29.4 Å². The van der Waals surface area contributed by atoms with Crippen LogP contribution in [-0.2, 0) is 11.9 Å². The van der Waals surface area contributed by atoms with E-state index >= 15 is 0 Å². The van der Waals surface area contributed by atoms with Crippen molar-refractivity contribution in [1.82, 2.24) is 9.78 Å². The van der Waals surface area contributed by atoms with Crippen LogP contribution in [0.1, 0.15) is 11.3 Å². The van der Waals surface area contributed by atoms with Gasteiger partial charge < -0.3 is 19.0 Å². The van der Waals surface area contributed by atoms with E-state index in [0.29, 0.717) is 34.4 Å². The maximum atomic E-state index is 6.01. The van der Waals surface area contributed by atoms with Gasteiger partial charge in [0.25, 0.3) is 0 Å². The number of nitrogens with zero attached hydrogens (tertiary/aromatic N) is 3. The average Bonchev–Trinajstić information content (AvgIpc) is 3.06. The lowest BCUT2D eigenvalue weighted by molar-refractivity contribution is 0.181. The molecule has 1 aromatic heterocycles. The van der Waals surface area contributed by atoms with E-state index in [1.807, 2.05) is 6.92 Å². The van der Waals surface area contributed by atoms with E-state index in [9.17, 15) is 0 Å². The number of aromatic nitrogens is 2. The van der Waals surface area contributed by atoms with Crippen LogP contribution < -0.4 is 14.2 Å². The summed E-state index contributed by atoms with van der Waals surface area (Å²) in [6.45, 7) is 2.22. The van der Waals surface area contributed by atoms with Crippen LogP contribution >= 0.6 is 23.2 Å². The molecule has 1 heterocycles. The SMILES string of the molecule is C#CCON=Cc1c(C)nn(C)c1Oc1ccc(Oc2ccc(OCC=C(Cl)Cl)cc2)cc1. The van der Waals surface area contributed by atoms with Gasteiger partial charge in [0.05, 0.1) is 17.5 Å². The van der Waals surface area contributed by atoms with E-state index in [0.717, 1.165) is 5.69 Å². The van der Waals surface area contributed by atoms with Crippen LogP contribution in [0.25, 0.3) is 0 Å². The number of rotatable bonds is 10. The van der Waals surface area contributed by atoms with Crippen LogP contribution in [0.15, 0.2) is 64.3 Å². The van der Waals surface area contributed by atoms with Crippen LogP contribution in [0.5, 0.6) is 28.9 Å². The lowest BCUT2D eigenvalue weighted by Gasteiger charge is -2.10. The van der Waals surface area contributed by atoms with Crippen molar-refractivity contribution in [1.29, 1.82) is 0 Å². The van der Waals surface area contributed by atoms with Crippen LogP contribution in [-0.4, -0.2) is 29.2 Å². The molecule has 0 amide bonds. The van der Waals surface area contributed by atoms with Crippen LogP contribution in [0.4, 0.5) is 0 Å². The van der Waals surface area contributed by atoms with Gasteiger partial charge in [0.2, 0.25) is 5.88 Å². The Labute approximate surface area is 202 Å². The number of ether oxygens (including phenoxy) is 3. The highest BCUT2D eigenvalue weighted by atomic mass is 35.5. The summed E-state index contributed by atoms with van der Waals surface area (Å²) in [5.74, 6) is 5.47. The Bertz CT molecular complexity index is 1160. The molecule has 0 aliphatic heterocycles. The third-order valence-electron chi connectivity index (χ3n) is 4.20. The second-order valence-corrected chi connectivity index (χ2v) is 7.60. The molecular formula is C24H21Cl2N3O4. The fourth-order valence-electron chi connectivity index (χ4n) is 2.72. The van der Waals surface area contributed by atoms with Gasteiger partial charge in [0.1, 0.15) is 34.1 Å². The van der Waals surface area contributed by atoms with Gasteiger partial charge >= 0.3 is 0 Å². The van der Waals surface area contributed by atoms with Crippen molar-refractivity contribution in [2.75, 3.05) is 13.2 Å². The molecule has 3 rings (SSSR count). The van der Waals surface area contributed by atoms with Crippen LogP contribution in [0.2, 0.25) is 0 Å². The molecule has 9 heteroatoms. The molecule has 0 fully saturated rings. The number of hydrogen-bond acceptors (Lipinski definition) is 6. The maximum absolute atomic E-state index is 6.01. The fraction of sp³-hybridized carbons (Fsp3) is 0.167. The van der Waals surface area contributed by atoms with Crippen molar-refractivity contribution in [2.45, 2.75) is 6.92 Å². The molecule has 7 nitrogen and oxygen atoms in total. The van der Waals surface area contributed by atoms with Crippen molar-refractivity contribution in [3.63, 3.8) is 0 Å². The van der Waals surface area contributed by atoms with Crippen LogP contribution in [0.3, 0.4) is 0 Å². The van der Waals surface area contributed by atoms with E-state index in [1.54, 1.807) is 66.3 Å². The summed E-state index contributed by atoms with van der Waals surface area (Å²) in [7, 11) is 1.79. The number of benzene rings is 2. The summed E-state index contributed by atoms with van der Waals surface area (Å²) >= 11 is 11.1. The summed E-state index contributed by atoms with van der Waals surface area (Å²) < 4.78 is 19.2. The highest BCUT2D eigenvalue weighted by Gasteiger charge is 2.14. The first-order valence-corrected chi connectivity index (χ1v) is 10.5. The Morgan fingerprint density at radius 1 is 1.03 bits per heavy atom. The highest BCUT2D eigenvalue weighted by molar-refractivity contribution is 6.55. The lowest BCUT2D eigenvalue weighted by Crippen LogP contribution is -1.97. The largest absolute Gasteiger partial charge is 0.489 e. The lowest BCUT2D eigenvalue weighted by atomic mass is 10.2. The van der Waals surface area contributed by atoms with Gasteiger partial charge in [-0.15, -0.1) is 6.42 Å². The maximum Gasteiger partial charge on any atom is 0.226 e. The van der Waals surface area contributed by atoms with Crippen molar-refractivity contribution in [2.24, 2.45) is 12.2 Å². The Hall–Kier alpha value is -3.60. The quantitative estimate of drug-likeness (QED) is 0.152. The number of halogens is 2. The zero-order chi connectivity index (χ0) is 23.6. The van der Waals surface area contributed by atoms with Crippen LogP contribution in [0, 0.1) is 19.3 Å². The van der Waals surface area contributed by atoms with Crippen molar-refractivity contribution < 1.29 is 19.0 Å². The zero-order valence-electron chi connectivity index (χ0n) is 18.0. The number of hydrogen-bond donors (Lipinski definition) is 0. The van der Waals surface area contributed by atoms with Gasteiger partial charge in [-0.1, -0.05) is 34.3 Å². The number of oxime groups is 1. The normalized spacial score (nSPS) is 10.5. The molecule has 0 spiro atoms. The molecule has 0 unspecified atom stereocenters. The Balaban J connectivity index is 1.63. The Morgan fingerprint density at radius 3 is 2.18 bits per heavy atom. The second kappa shape index (κ2) is 11.9. The molecule has 3 aromatic rings. The molecule has 0 atom stereocenters. The monoisotopic (exact) mass is 485 g/mol. The second-order valence-electron chi connectivity index (χ2n) is 6.59. The van der Waals surface area contributed by atoms with Gasteiger partial charge in [-0.05, 0) is 61.5 Å². The average molecular weight is 486 g/mol. The minimum Gasteiger partial charge on any atom is -0.489 e. The molecule has 0 N–H and O–H groups in total. The minimum absolute atomic E-state index is 0.0868. The summed E-state index contributed by atoms with van der Waals surface area (Å²) in [6.07, 6.45) is 8.24. The summed E-state index contributed by atoms with van der Waals surface area (Å²) in [4.78, 5) is 4.97. The van der Waals surface area contributed by atoms with Crippen molar-refractivity contribution in [3.8, 4) is 41.2 Å². The highest BCUT2D eigenvalue weighted by Crippen LogP contribution is 2.29. The van der Waals surface area contributed by atoms with Gasteiger partial charge in [-0.25, -0.2) is 4.68 Å². The Morgan fingerprint density at radius 2 is 1.61 bits per heavy atom. The number of aryl methyl sites for hydroxylation is 2. The summed E-state index contributed by atoms with van der Waals surface area (Å²) in [5.41, 5.74) is 1.44. The first-order chi connectivity index (χ1) is 16.0. The van der Waals surface area contributed by atoms with Gasteiger partial charge in [-0.2, -0.15) is 5.10 Å². The predicted molar refractivity (Wildman–Crippen MR) is 129 cm³/mol. The first-order valence-electron chi connectivity index (χ1n) is 9.78. The summed E-state index contributed by atoms with van der Waals surface area (Å²) in [6, 6.07) is 14.4. The Kier molecular flexibility index (Phi) is 8.64. The van der Waals surface area contributed by atoms with Gasteiger partial charge in [0, 0.05) is 7.05 Å². The van der Waals surface area contributed by atoms with E-state index < -0.39 is 0 Å². The predicted octanol–water partition coefficient (Wildman–Crippen LogP) is 5.99. The van der Waals surface area contributed by atoms with E-state index in [-0.39, 0.29) is 17.7 Å². The summed E-state index contributed by atoms with van der Waals surface area (Å²) in [5, 5.41) is 8.22. The zero-order valence-corrected chi connectivity index (χ0v) is 19.5. The third-order valence-corrected chi connectivity index (χ3v) is 4.51. The smallest absolute Gasteiger partial charge is 0.226 e. The number of terminal acetylenes is 1. The molecule has 170 valence electrons. The fourth-order valence-corrected chi connectivity index (χ4v) is 2.84. The molecule has 0 saturated carbocycles. The molecule has 0 bridgehead atoms. The van der Waals surface area contributed by atoms with Crippen molar-refractivity contribution in [3.05, 3.63) is 70.4 Å². The van der Waals surface area contributed by atoms with Gasteiger partial charge in [0.15, 0.2) is 6.61 Å². The van der Waals surface area contributed by atoms with E-state index in [4.69, 9.17) is 48.7 Å². The first kappa shape index (κ1) is 24.1. The van der Waals surface area contributed by atoms with E-state index in [1.165, 1.54) is 6.21 Å². The topological polar surface area (TPSA) is 67.1 Å². The van der Waals surface area contributed by atoms with E-state index in [2.05, 4.69) is 16.2 Å².